The van der Waals surface area contributed by atoms with Gasteiger partial charge in [-0.25, -0.2) is 0 Å². The van der Waals surface area contributed by atoms with Crippen LogP contribution in [0, 0.1) is 0 Å². The van der Waals surface area contributed by atoms with E-state index >= 15 is 0 Å². The summed E-state index contributed by atoms with van der Waals surface area (Å²) in [6, 6.07) is 7.25. The Bertz CT molecular complexity index is 480. The Kier molecular flexibility index (Phi) is 3.78. The Labute approximate surface area is 118 Å². The standard InChI is InChI=1S/C15H20N2O3/c16-11-2-1-3-12(8-11)19-7-6-15(18)17-9-13-4-5-14(10-17)20-13/h1-3,8,13-14H,4-7,9-10,16H2. The minimum absolute atomic E-state index is 0.147. The first-order valence-electron chi connectivity index (χ1n) is 7.12. The highest BCUT2D eigenvalue weighted by atomic mass is 16.5. The van der Waals surface area contributed by atoms with Gasteiger partial charge in [0.1, 0.15) is 5.75 Å². The van der Waals surface area contributed by atoms with Crippen molar-refractivity contribution in [3.8, 4) is 5.75 Å². The molecule has 2 fully saturated rings. The fourth-order valence-electron chi connectivity index (χ4n) is 2.84. The first kappa shape index (κ1) is 13.2. The van der Waals surface area contributed by atoms with Gasteiger partial charge in [-0.15, -0.1) is 0 Å². The van der Waals surface area contributed by atoms with Crippen molar-refractivity contribution in [3.05, 3.63) is 24.3 Å². The zero-order valence-corrected chi connectivity index (χ0v) is 11.5. The van der Waals surface area contributed by atoms with Gasteiger partial charge in [0.15, 0.2) is 0 Å². The Balaban J connectivity index is 1.45. The molecule has 3 rings (SSSR count). The normalized spacial score (nSPS) is 24.7. The molecule has 5 heteroatoms. The molecule has 0 aromatic heterocycles. The predicted octanol–water partition coefficient (Wildman–Crippen LogP) is 1.43. The van der Waals surface area contributed by atoms with Crippen LogP contribution in [0.2, 0.25) is 0 Å². The van der Waals surface area contributed by atoms with Gasteiger partial charge in [-0.1, -0.05) is 6.07 Å². The number of hydrogen-bond donors (Lipinski definition) is 1. The third-order valence-electron chi connectivity index (χ3n) is 3.84. The van der Waals surface area contributed by atoms with Crippen LogP contribution in [0.5, 0.6) is 5.75 Å². The molecule has 0 spiro atoms. The molecule has 2 heterocycles. The summed E-state index contributed by atoms with van der Waals surface area (Å²) in [5, 5.41) is 0. The highest BCUT2D eigenvalue weighted by Crippen LogP contribution is 2.26. The lowest BCUT2D eigenvalue weighted by molar-refractivity contribution is -0.140. The van der Waals surface area contributed by atoms with Crippen LogP contribution >= 0.6 is 0 Å². The molecule has 1 aromatic carbocycles. The molecule has 0 aliphatic carbocycles. The number of likely N-dealkylation sites (tertiary alicyclic amines) is 1. The van der Waals surface area contributed by atoms with E-state index in [-0.39, 0.29) is 18.1 Å². The molecule has 1 amide bonds. The van der Waals surface area contributed by atoms with Crippen LogP contribution in [0.1, 0.15) is 19.3 Å². The number of nitrogen functional groups attached to an aromatic ring is 1. The molecular formula is C15H20N2O3. The Morgan fingerprint density at radius 1 is 1.35 bits per heavy atom. The van der Waals surface area contributed by atoms with Crippen LogP contribution < -0.4 is 10.5 Å². The maximum absolute atomic E-state index is 12.1. The number of amides is 1. The Morgan fingerprint density at radius 3 is 2.80 bits per heavy atom. The number of hydrogen-bond acceptors (Lipinski definition) is 4. The minimum atomic E-state index is 0.147. The van der Waals surface area contributed by atoms with E-state index in [0.29, 0.717) is 24.5 Å². The third kappa shape index (κ3) is 3.04. The van der Waals surface area contributed by atoms with Crippen molar-refractivity contribution in [3.63, 3.8) is 0 Å². The van der Waals surface area contributed by atoms with E-state index < -0.39 is 0 Å². The first-order valence-corrected chi connectivity index (χ1v) is 7.12. The van der Waals surface area contributed by atoms with Crippen LogP contribution in [0.15, 0.2) is 24.3 Å². The van der Waals surface area contributed by atoms with Crippen molar-refractivity contribution in [1.29, 1.82) is 0 Å². The molecule has 2 saturated heterocycles. The minimum Gasteiger partial charge on any atom is -0.493 e. The number of benzene rings is 1. The molecule has 5 nitrogen and oxygen atoms in total. The monoisotopic (exact) mass is 276 g/mol. The molecule has 2 bridgehead atoms. The van der Waals surface area contributed by atoms with Crippen LogP contribution in [0.4, 0.5) is 5.69 Å². The van der Waals surface area contributed by atoms with Crippen molar-refractivity contribution in [2.75, 3.05) is 25.4 Å². The van der Waals surface area contributed by atoms with E-state index in [1.807, 2.05) is 23.1 Å². The third-order valence-corrected chi connectivity index (χ3v) is 3.84. The van der Waals surface area contributed by atoms with E-state index in [1.54, 1.807) is 6.07 Å². The summed E-state index contributed by atoms with van der Waals surface area (Å²) in [7, 11) is 0. The van der Waals surface area contributed by atoms with Crippen LogP contribution in [0.3, 0.4) is 0 Å². The fraction of sp³-hybridized carbons (Fsp3) is 0.533. The zero-order valence-electron chi connectivity index (χ0n) is 11.5. The van der Waals surface area contributed by atoms with Gasteiger partial charge < -0.3 is 20.1 Å². The lowest BCUT2D eigenvalue weighted by Gasteiger charge is -2.32. The van der Waals surface area contributed by atoms with Gasteiger partial charge >= 0.3 is 0 Å². The molecule has 2 unspecified atom stereocenters. The Hall–Kier alpha value is -1.75. The molecule has 108 valence electrons. The number of carbonyl (C=O) groups is 1. The molecule has 0 radical (unpaired) electrons. The summed E-state index contributed by atoms with van der Waals surface area (Å²) in [6.07, 6.45) is 3.04. The summed E-state index contributed by atoms with van der Waals surface area (Å²) in [4.78, 5) is 14.1. The zero-order chi connectivity index (χ0) is 13.9. The molecule has 20 heavy (non-hydrogen) atoms. The molecule has 2 aliphatic heterocycles. The SMILES string of the molecule is Nc1cccc(OCCC(=O)N2CC3CCC(C2)O3)c1. The van der Waals surface area contributed by atoms with Crippen LogP contribution in [0.25, 0.3) is 0 Å². The highest BCUT2D eigenvalue weighted by molar-refractivity contribution is 5.76. The lowest BCUT2D eigenvalue weighted by Crippen LogP contribution is -2.46. The van der Waals surface area contributed by atoms with Gasteiger partial charge in [-0.3, -0.25) is 4.79 Å². The van der Waals surface area contributed by atoms with E-state index in [4.69, 9.17) is 15.2 Å². The molecular weight excluding hydrogens is 256 g/mol. The van der Waals surface area contributed by atoms with Crippen molar-refractivity contribution in [2.45, 2.75) is 31.5 Å². The van der Waals surface area contributed by atoms with Crippen molar-refractivity contribution in [1.82, 2.24) is 4.90 Å². The number of carbonyl (C=O) groups excluding carboxylic acids is 1. The van der Waals surface area contributed by atoms with Gasteiger partial charge in [-0.05, 0) is 25.0 Å². The van der Waals surface area contributed by atoms with Gasteiger partial charge in [0.2, 0.25) is 5.91 Å². The number of rotatable bonds is 4. The molecule has 2 atom stereocenters. The number of anilines is 1. The number of ether oxygens (including phenoxy) is 2. The van der Waals surface area contributed by atoms with Gasteiger partial charge in [0.05, 0.1) is 25.2 Å². The van der Waals surface area contributed by atoms with Gasteiger partial charge in [0, 0.05) is 24.8 Å². The largest absolute Gasteiger partial charge is 0.493 e. The van der Waals surface area contributed by atoms with Crippen molar-refractivity contribution in [2.24, 2.45) is 0 Å². The predicted molar refractivity (Wildman–Crippen MR) is 75.4 cm³/mol. The van der Waals surface area contributed by atoms with Crippen molar-refractivity contribution < 1.29 is 14.3 Å². The smallest absolute Gasteiger partial charge is 0.226 e. The summed E-state index contributed by atoms with van der Waals surface area (Å²) in [6.45, 7) is 1.84. The molecule has 0 saturated carbocycles. The first-order chi connectivity index (χ1) is 9.70. The van der Waals surface area contributed by atoms with E-state index in [1.165, 1.54) is 0 Å². The molecule has 2 aliphatic rings. The average molecular weight is 276 g/mol. The van der Waals surface area contributed by atoms with Gasteiger partial charge in [-0.2, -0.15) is 0 Å². The topological polar surface area (TPSA) is 64.8 Å². The number of morpholine rings is 1. The van der Waals surface area contributed by atoms with Crippen molar-refractivity contribution >= 4 is 11.6 Å². The lowest BCUT2D eigenvalue weighted by atomic mass is 10.2. The quantitative estimate of drug-likeness (QED) is 0.845. The highest BCUT2D eigenvalue weighted by Gasteiger charge is 2.35. The molecule has 2 N–H and O–H groups in total. The Morgan fingerprint density at radius 2 is 2.10 bits per heavy atom. The summed E-state index contributed by atoms with van der Waals surface area (Å²) in [5.41, 5.74) is 6.34. The summed E-state index contributed by atoms with van der Waals surface area (Å²) >= 11 is 0. The van der Waals surface area contributed by atoms with Crippen LogP contribution in [-0.4, -0.2) is 42.7 Å². The number of nitrogens with zero attached hydrogens (tertiary/aromatic N) is 1. The van der Waals surface area contributed by atoms with E-state index in [9.17, 15) is 4.79 Å². The molecule has 1 aromatic rings. The second-order valence-electron chi connectivity index (χ2n) is 5.43. The van der Waals surface area contributed by atoms with Gasteiger partial charge in [0.25, 0.3) is 0 Å². The van der Waals surface area contributed by atoms with E-state index in [0.717, 1.165) is 25.9 Å². The number of nitrogens with two attached hydrogens (primary N) is 1. The summed E-state index contributed by atoms with van der Waals surface area (Å²) in [5.74, 6) is 0.856. The maximum atomic E-state index is 12.1. The van der Waals surface area contributed by atoms with Crippen LogP contribution in [-0.2, 0) is 9.53 Å². The maximum Gasteiger partial charge on any atom is 0.226 e. The van der Waals surface area contributed by atoms with E-state index in [2.05, 4.69) is 0 Å². The second-order valence-corrected chi connectivity index (χ2v) is 5.43. The fourth-order valence-corrected chi connectivity index (χ4v) is 2.84. The summed E-state index contributed by atoms with van der Waals surface area (Å²) < 4.78 is 11.3. The number of fused-ring (bicyclic) bond motifs is 2. The average Bonchev–Trinajstić information content (AvgIpc) is 2.77. The second kappa shape index (κ2) is 5.71.